The molecule has 0 amide bonds. The van der Waals surface area contributed by atoms with E-state index in [1.165, 1.54) is 21.9 Å². The van der Waals surface area contributed by atoms with Gasteiger partial charge in [-0.1, -0.05) is 121 Å². The number of benzene rings is 5. The minimum absolute atomic E-state index is 0.483. The normalized spacial score (nSPS) is 10.6. The molecular formula is C30H24N2. The molecule has 154 valence electrons. The lowest BCUT2D eigenvalue weighted by Gasteiger charge is -2.15. The Morgan fingerprint density at radius 3 is 1.78 bits per heavy atom. The first kappa shape index (κ1) is 19.8. The van der Waals surface area contributed by atoms with Gasteiger partial charge in [0.25, 0.3) is 0 Å². The molecule has 0 heterocycles. The number of nitrogens with one attached hydrogen (secondary N) is 1. The van der Waals surface area contributed by atoms with Gasteiger partial charge in [0.2, 0.25) is 0 Å². The van der Waals surface area contributed by atoms with E-state index in [-0.39, 0.29) is 0 Å². The van der Waals surface area contributed by atoms with Gasteiger partial charge in [-0.2, -0.15) is 0 Å². The average Bonchev–Trinajstić information content (AvgIpc) is 2.88. The summed E-state index contributed by atoms with van der Waals surface area (Å²) < 4.78 is 0. The highest BCUT2D eigenvalue weighted by Gasteiger charge is 2.10. The Hall–Kier alpha value is -4.17. The maximum Gasteiger partial charge on any atom is 0.108 e. The highest BCUT2D eigenvalue weighted by atomic mass is 15.0. The zero-order valence-corrected chi connectivity index (χ0v) is 17.8. The Balaban J connectivity index is 1.53. The first-order valence-electron chi connectivity index (χ1n) is 10.9. The van der Waals surface area contributed by atoms with Gasteiger partial charge >= 0.3 is 0 Å². The van der Waals surface area contributed by atoms with Crippen LogP contribution >= 0.6 is 0 Å². The number of aliphatic imine (C=N–C) groups is 1. The van der Waals surface area contributed by atoms with E-state index in [4.69, 9.17) is 4.99 Å². The third-order valence-electron chi connectivity index (χ3n) is 5.59. The van der Waals surface area contributed by atoms with Crippen molar-refractivity contribution in [1.29, 1.82) is 0 Å². The van der Waals surface area contributed by atoms with Gasteiger partial charge in [0.15, 0.2) is 0 Å². The van der Waals surface area contributed by atoms with E-state index in [2.05, 4.69) is 121 Å². The summed E-state index contributed by atoms with van der Waals surface area (Å²) in [5.41, 5.74) is 6.70. The number of nitrogens with zero attached hydrogens (tertiary/aromatic N) is 1. The Labute approximate surface area is 188 Å². The second kappa shape index (κ2) is 9.32. The number of fused-ring (bicyclic) bond motifs is 1. The van der Waals surface area contributed by atoms with E-state index in [0.29, 0.717) is 6.67 Å². The molecule has 0 aliphatic carbocycles. The molecule has 5 aromatic rings. The lowest BCUT2D eigenvalue weighted by atomic mass is 9.96. The molecule has 0 saturated carbocycles. The van der Waals surface area contributed by atoms with E-state index in [1.807, 2.05) is 12.1 Å². The van der Waals surface area contributed by atoms with Crippen molar-refractivity contribution in [2.24, 2.45) is 4.99 Å². The monoisotopic (exact) mass is 412 g/mol. The highest BCUT2D eigenvalue weighted by molar-refractivity contribution is 6.13. The molecule has 0 atom stereocenters. The Morgan fingerprint density at radius 2 is 1.12 bits per heavy atom. The van der Waals surface area contributed by atoms with Gasteiger partial charge in [-0.05, 0) is 22.4 Å². The van der Waals surface area contributed by atoms with Gasteiger partial charge < -0.3 is 5.32 Å². The summed E-state index contributed by atoms with van der Waals surface area (Å²) in [5, 5.41) is 6.05. The molecule has 0 bridgehead atoms. The molecule has 0 spiro atoms. The van der Waals surface area contributed by atoms with E-state index < -0.39 is 0 Å². The number of hydrogen-bond acceptors (Lipinski definition) is 2. The first-order valence-corrected chi connectivity index (χ1v) is 10.9. The second-order valence-corrected chi connectivity index (χ2v) is 7.65. The Bertz CT molecular complexity index is 1300. The molecule has 2 heteroatoms. The van der Waals surface area contributed by atoms with Crippen LogP contribution < -0.4 is 5.32 Å². The molecule has 0 aliphatic rings. The van der Waals surface area contributed by atoms with Gasteiger partial charge in [-0.25, -0.2) is 0 Å². The molecule has 0 aliphatic heterocycles. The second-order valence-electron chi connectivity index (χ2n) is 7.65. The first-order chi connectivity index (χ1) is 15.9. The summed E-state index contributed by atoms with van der Waals surface area (Å²) in [7, 11) is 0. The Morgan fingerprint density at radius 1 is 0.562 bits per heavy atom. The topological polar surface area (TPSA) is 24.4 Å². The molecule has 0 saturated heterocycles. The van der Waals surface area contributed by atoms with Crippen LogP contribution in [0.1, 0.15) is 11.1 Å². The molecule has 0 aromatic heterocycles. The van der Waals surface area contributed by atoms with Crippen molar-refractivity contribution in [3.05, 3.63) is 139 Å². The summed E-state index contributed by atoms with van der Waals surface area (Å²) in [6.07, 6.45) is 0. The zero-order valence-electron chi connectivity index (χ0n) is 17.8. The quantitative estimate of drug-likeness (QED) is 0.288. The van der Waals surface area contributed by atoms with Gasteiger partial charge in [0, 0.05) is 22.4 Å². The minimum atomic E-state index is 0.483. The van der Waals surface area contributed by atoms with E-state index >= 15 is 0 Å². The van der Waals surface area contributed by atoms with E-state index in [1.54, 1.807) is 0 Å². The lowest BCUT2D eigenvalue weighted by Crippen LogP contribution is -2.08. The van der Waals surface area contributed by atoms with Crippen LogP contribution in [-0.2, 0) is 0 Å². The lowest BCUT2D eigenvalue weighted by molar-refractivity contribution is 1.14. The van der Waals surface area contributed by atoms with Gasteiger partial charge in [-0.3, -0.25) is 4.99 Å². The fraction of sp³-hybridized carbons (Fsp3) is 0.0333. The fourth-order valence-corrected chi connectivity index (χ4v) is 4.08. The highest BCUT2D eigenvalue weighted by Crippen LogP contribution is 2.35. The molecule has 0 fully saturated rings. The van der Waals surface area contributed by atoms with E-state index in [9.17, 15) is 0 Å². The largest absolute Gasteiger partial charge is 0.366 e. The number of rotatable bonds is 6. The van der Waals surface area contributed by atoms with Crippen LogP contribution in [0.15, 0.2) is 132 Å². The maximum atomic E-state index is 4.98. The van der Waals surface area contributed by atoms with Crippen LogP contribution in [0.5, 0.6) is 0 Å². The van der Waals surface area contributed by atoms with Crippen LogP contribution in [0, 0.1) is 0 Å². The van der Waals surface area contributed by atoms with Crippen molar-refractivity contribution in [1.82, 2.24) is 0 Å². The Kier molecular flexibility index (Phi) is 5.76. The maximum absolute atomic E-state index is 4.98. The van der Waals surface area contributed by atoms with Crippen molar-refractivity contribution in [2.75, 3.05) is 12.0 Å². The van der Waals surface area contributed by atoms with Gasteiger partial charge in [0.05, 0.1) is 5.71 Å². The third kappa shape index (κ3) is 4.17. The van der Waals surface area contributed by atoms with Crippen molar-refractivity contribution >= 4 is 22.2 Å². The third-order valence-corrected chi connectivity index (χ3v) is 5.59. The molecule has 32 heavy (non-hydrogen) atoms. The molecule has 5 aromatic carbocycles. The summed E-state index contributed by atoms with van der Waals surface area (Å²) in [4.78, 5) is 4.98. The number of hydrogen-bond donors (Lipinski definition) is 1. The van der Waals surface area contributed by atoms with Crippen molar-refractivity contribution < 1.29 is 0 Å². The van der Waals surface area contributed by atoms with Crippen LogP contribution in [0.3, 0.4) is 0 Å². The molecule has 0 unspecified atom stereocenters. The standard InChI is InChI=1S/C30H24N2/c1-4-13-24(14-5-1)29-27-19-11-10-12-23(27)20-21-28(29)31-22-32-30(25-15-6-2-7-16-25)26-17-8-3-9-18-26/h1-21,31H,22H2. The van der Waals surface area contributed by atoms with Gasteiger partial charge in [-0.15, -0.1) is 0 Å². The SMILES string of the molecule is c1ccc(C(=NCNc2ccc3ccccc3c2-c2ccccc2)c2ccccc2)cc1. The average molecular weight is 413 g/mol. The van der Waals surface area contributed by atoms with Crippen molar-refractivity contribution in [3.8, 4) is 11.1 Å². The predicted molar refractivity (Wildman–Crippen MR) is 136 cm³/mol. The van der Waals surface area contributed by atoms with Gasteiger partial charge in [0.1, 0.15) is 6.67 Å². The summed E-state index contributed by atoms with van der Waals surface area (Å²) in [6, 6.07) is 44.1. The molecule has 2 nitrogen and oxygen atoms in total. The van der Waals surface area contributed by atoms with Crippen molar-refractivity contribution in [3.63, 3.8) is 0 Å². The van der Waals surface area contributed by atoms with E-state index in [0.717, 1.165) is 22.5 Å². The summed E-state index contributed by atoms with van der Waals surface area (Å²) in [6.45, 7) is 0.483. The molecular weight excluding hydrogens is 388 g/mol. The summed E-state index contributed by atoms with van der Waals surface area (Å²) >= 11 is 0. The molecule has 0 radical (unpaired) electrons. The molecule has 1 N–H and O–H groups in total. The van der Waals surface area contributed by atoms with Crippen LogP contribution in [0.2, 0.25) is 0 Å². The smallest absolute Gasteiger partial charge is 0.108 e. The summed E-state index contributed by atoms with van der Waals surface area (Å²) in [5.74, 6) is 0. The van der Waals surface area contributed by atoms with Crippen molar-refractivity contribution in [2.45, 2.75) is 0 Å². The minimum Gasteiger partial charge on any atom is -0.366 e. The number of anilines is 1. The zero-order chi connectivity index (χ0) is 21.6. The van der Waals surface area contributed by atoms with Crippen LogP contribution in [0.25, 0.3) is 21.9 Å². The predicted octanol–water partition coefficient (Wildman–Crippen LogP) is 7.41. The van der Waals surface area contributed by atoms with Crippen LogP contribution in [0.4, 0.5) is 5.69 Å². The molecule has 5 rings (SSSR count). The fourth-order valence-electron chi connectivity index (χ4n) is 4.08. The van der Waals surface area contributed by atoms with Crippen LogP contribution in [-0.4, -0.2) is 12.4 Å².